The quantitative estimate of drug-likeness (QED) is 0.427. The van der Waals surface area contributed by atoms with Gasteiger partial charge in [-0.25, -0.2) is 4.98 Å². The maximum Gasteiger partial charge on any atom is 0.268 e. The van der Waals surface area contributed by atoms with Crippen molar-refractivity contribution in [3.63, 3.8) is 0 Å². The average molecular weight is 367 g/mol. The Morgan fingerprint density at radius 2 is 1.84 bits per heavy atom. The lowest BCUT2D eigenvalue weighted by Crippen LogP contribution is -2.25. The number of benzene rings is 2. The molecule has 1 amide bonds. The number of para-hydroxylation sites is 1. The largest absolute Gasteiger partial charge is 0.311 e. The van der Waals surface area contributed by atoms with Gasteiger partial charge in [-0.15, -0.1) is 11.3 Å². The lowest BCUT2D eigenvalue weighted by atomic mass is 10.1. The molecule has 0 unspecified atom stereocenters. The highest BCUT2D eigenvalue weighted by atomic mass is 35.5. The minimum absolute atomic E-state index is 0.0516. The third kappa shape index (κ3) is 2.77. The molecule has 0 aliphatic carbocycles. The van der Waals surface area contributed by atoms with E-state index in [1.54, 1.807) is 11.9 Å². The fourth-order valence-corrected chi connectivity index (χ4v) is 4.34. The fraction of sp³-hybridized carbons (Fsp3) is 0.100. The number of hydrogen-bond donors (Lipinski definition) is 0. The topological polar surface area (TPSA) is 33.2 Å². The molecule has 0 bridgehead atoms. The first-order valence-corrected chi connectivity index (χ1v) is 9.06. The number of thiophene rings is 1. The minimum atomic E-state index is -0.0516. The third-order valence-corrected chi connectivity index (χ3v) is 5.67. The van der Waals surface area contributed by atoms with Crippen molar-refractivity contribution in [2.24, 2.45) is 0 Å². The molecule has 4 aromatic rings. The van der Waals surface area contributed by atoms with Crippen LogP contribution in [-0.4, -0.2) is 17.9 Å². The molecule has 2 aromatic heterocycles. The summed E-state index contributed by atoms with van der Waals surface area (Å²) in [5.41, 5.74) is 2.86. The molecule has 0 saturated carbocycles. The van der Waals surface area contributed by atoms with Crippen LogP contribution in [0.5, 0.6) is 0 Å². The number of aromatic nitrogens is 1. The highest BCUT2D eigenvalue weighted by molar-refractivity contribution is 7.22. The van der Waals surface area contributed by atoms with Gasteiger partial charge in [0.05, 0.1) is 10.4 Å². The Morgan fingerprint density at radius 1 is 1.08 bits per heavy atom. The molecule has 4 rings (SSSR count). The number of carbonyl (C=O) groups excluding carboxylic acids is 1. The zero-order valence-electron chi connectivity index (χ0n) is 13.8. The molecular weight excluding hydrogens is 352 g/mol. The van der Waals surface area contributed by atoms with Crippen molar-refractivity contribution in [2.45, 2.75) is 6.92 Å². The Labute approximate surface area is 154 Å². The Hall–Kier alpha value is -2.43. The van der Waals surface area contributed by atoms with E-state index in [2.05, 4.69) is 11.1 Å². The van der Waals surface area contributed by atoms with Crippen molar-refractivity contribution in [2.75, 3.05) is 11.9 Å². The summed E-state index contributed by atoms with van der Waals surface area (Å²) in [6.07, 6.45) is 0. The molecule has 0 aliphatic heterocycles. The van der Waals surface area contributed by atoms with Gasteiger partial charge in [-0.3, -0.25) is 4.79 Å². The monoisotopic (exact) mass is 366 g/mol. The van der Waals surface area contributed by atoms with E-state index in [0.717, 1.165) is 32.2 Å². The van der Waals surface area contributed by atoms with Crippen LogP contribution >= 0.6 is 22.9 Å². The van der Waals surface area contributed by atoms with Crippen molar-refractivity contribution in [1.82, 2.24) is 4.98 Å². The molecule has 0 atom stereocenters. The van der Waals surface area contributed by atoms with E-state index in [4.69, 9.17) is 11.6 Å². The van der Waals surface area contributed by atoms with Gasteiger partial charge in [0.15, 0.2) is 0 Å². The van der Waals surface area contributed by atoms with Crippen LogP contribution in [0, 0.1) is 6.92 Å². The molecule has 0 aliphatic rings. The van der Waals surface area contributed by atoms with E-state index in [1.807, 2.05) is 55.5 Å². The number of rotatable bonds is 2. The molecule has 124 valence electrons. The molecule has 0 radical (unpaired) electrons. The summed E-state index contributed by atoms with van der Waals surface area (Å²) in [7, 11) is 1.78. The summed E-state index contributed by atoms with van der Waals surface area (Å²) >= 11 is 7.83. The van der Waals surface area contributed by atoms with Crippen LogP contribution in [0.4, 0.5) is 5.69 Å². The maximum atomic E-state index is 12.9. The maximum absolute atomic E-state index is 12.9. The number of hydrogen-bond acceptors (Lipinski definition) is 3. The summed E-state index contributed by atoms with van der Waals surface area (Å²) in [6, 6.07) is 17.5. The molecule has 5 heteroatoms. The van der Waals surface area contributed by atoms with E-state index in [1.165, 1.54) is 11.3 Å². The van der Waals surface area contributed by atoms with Gasteiger partial charge in [-0.1, -0.05) is 41.4 Å². The highest BCUT2D eigenvalue weighted by Crippen LogP contribution is 2.36. The van der Waals surface area contributed by atoms with Crippen molar-refractivity contribution in [1.29, 1.82) is 0 Å². The zero-order chi connectivity index (χ0) is 17.6. The minimum Gasteiger partial charge on any atom is -0.311 e. The first-order valence-electron chi connectivity index (χ1n) is 7.87. The van der Waals surface area contributed by atoms with Gasteiger partial charge in [-0.2, -0.15) is 0 Å². The second-order valence-corrected chi connectivity index (χ2v) is 7.39. The number of anilines is 1. The molecule has 0 spiro atoms. The number of fused-ring (bicyclic) bond motifs is 3. The first kappa shape index (κ1) is 16.1. The van der Waals surface area contributed by atoms with Crippen LogP contribution in [-0.2, 0) is 0 Å². The molecule has 0 saturated heterocycles. The molecule has 2 aromatic carbocycles. The number of nitrogens with zero attached hydrogens (tertiary/aromatic N) is 2. The normalized spacial score (nSPS) is 11.2. The van der Waals surface area contributed by atoms with Crippen molar-refractivity contribution in [3.05, 3.63) is 70.2 Å². The Bertz CT molecular complexity index is 1110. The van der Waals surface area contributed by atoms with E-state index >= 15 is 0 Å². The van der Waals surface area contributed by atoms with E-state index in [0.29, 0.717) is 10.0 Å². The van der Waals surface area contributed by atoms with Gasteiger partial charge < -0.3 is 4.90 Å². The molecule has 3 nitrogen and oxygen atoms in total. The predicted octanol–water partition coefficient (Wildman–Crippen LogP) is 5.69. The lowest BCUT2D eigenvalue weighted by molar-refractivity contribution is 0.0997. The number of halogens is 1. The molecule has 0 fully saturated rings. The molecule has 0 N–H and O–H groups in total. The van der Waals surface area contributed by atoms with Crippen LogP contribution in [0.1, 0.15) is 15.2 Å². The zero-order valence-corrected chi connectivity index (χ0v) is 15.4. The highest BCUT2D eigenvalue weighted by Gasteiger charge is 2.19. The smallest absolute Gasteiger partial charge is 0.268 e. The summed E-state index contributed by atoms with van der Waals surface area (Å²) in [5.74, 6) is -0.0516. The van der Waals surface area contributed by atoms with Gasteiger partial charge in [0, 0.05) is 28.2 Å². The predicted molar refractivity (Wildman–Crippen MR) is 106 cm³/mol. The van der Waals surface area contributed by atoms with Crippen LogP contribution < -0.4 is 4.90 Å². The standard InChI is InChI=1S/C20H15ClN2OS/c1-12-8-9-16-14(10-12)18-15(19(21)22-16)11-17(25-18)20(24)23(2)13-6-4-3-5-7-13/h3-11H,1-2H3. The van der Waals surface area contributed by atoms with Crippen LogP contribution in [0.25, 0.3) is 21.0 Å². The third-order valence-electron chi connectivity index (χ3n) is 4.23. The Morgan fingerprint density at radius 3 is 2.60 bits per heavy atom. The summed E-state index contributed by atoms with van der Waals surface area (Å²) < 4.78 is 1.00. The number of carbonyl (C=O) groups is 1. The number of amides is 1. The van der Waals surface area contributed by atoms with Crippen LogP contribution in [0.3, 0.4) is 0 Å². The first-order chi connectivity index (χ1) is 12.0. The summed E-state index contributed by atoms with van der Waals surface area (Å²) in [6.45, 7) is 2.04. The van der Waals surface area contributed by atoms with Gasteiger partial charge in [0.25, 0.3) is 5.91 Å². The number of aryl methyl sites for hydroxylation is 1. The SMILES string of the molecule is Cc1ccc2nc(Cl)c3cc(C(=O)N(C)c4ccccc4)sc3c2c1. The summed E-state index contributed by atoms with van der Waals surface area (Å²) in [4.78, 5) is 19.7. The van der Waals surface area contributed by atoms with Gasteiger partial charge in [-0.05, 0) is 37.3 Å². The second kappa shape index (κ2) is 6.14. The average Bonchev–Trinajstić information content (AvgIpc) is 3.08. The Balaban J connectivity index is 1.86. The lowest BCUT2D eigenvalue weighted by Gasteiger charge is -2.15. The second-order valence-electron chi connectivity index (χ2n) is 5.98. The van der Waals surface area contributed by atoms with Crippen LogP contribution in [0.15, 0.2) is 54.6 Å². The van der Waals surface area contributed by atoms with Crippen LogP contribution in [0.2, 0.25) is 5.15 Å². The van der Waals surface area contributed by atoms with Gasteiger partial charge >= 0.3 is 0 Å². The van der Waals surface area contributed by atoms with Crippen molar-refractivity contribution < 1.29 is 4.79 Å². The molecule has 25 heavy (non-hydrogen) atoms. The fourth-order valence-electron chi connectivity index (χ4n) is 2.88. The van der Waals surface area contributed by atoms with E-state index in [-0.39, 0.29) is 5.91 Å². The Kier molecular flexibility index (Phi) is 3.94. The van der Waals surface area contributed by atoms with Gasteiger partial charge in [0.1, 0.15) is 5.15 Å². The van der Waals surface area contributed by atoms with Crippen molar-refractivity contribution >= 4 is 55.5 Å². The van der Waals surface area contributed by atoms with E-state index in [9.17, 15) is 4.79 Å². The van der Waals surface area contributed by atoms with Gasteiger partial charge in [0.2, 0.25) is 0 Å². The van der Waals surface area contributed by atoms with E-state index < -0.39 is 0 Å². The summed E-state index contributed by atoms with van der Waals surface area (Å²) in [5, 5.41) is 2.30. The number of pyridine rings is 1. The molecule has 2 heterocycles. The molecular formula is C20H15ClN2OS. The van der Waals surface area contributed by atoms with Crippen molar-refractivity contribution in [3.8, 4) is 0 Å².